The molecule has 0 radical (unpaired) electrons. The van der Waals surface area contributed by atoms with Gasteiger partial charge in [0.2, 0.25) is 0 Å². The van der Waals surface area contributed by atoms with Crippen molar-refractivity contribution in [3.63, 3.8) is 0 Å². The van der Waals surface area contributed by atoms with Crippen molar-refractivity contribution in [3.8, 4) is 0 Å². The molecule has 2 aromatic carbocycles. The molecule has 1 aliphatic rings. The van der Waals surface area contributed by atoms with E-state index in [2.05, 4.69) is 10.6 Å². The number of hydrogen-bond donors (Lipinski definition) is 2. The molecule has 1 aliphatic heterocycles. The molecule has 0 bridgehead atoms. The van der Waals surface area contributed by atoms with Gasteiger partial charge < -0.3 is 20.1 Å². The fourth-order valence-corrected chi connectivity index (χ4v) is 3.23. The third kappa shape index (κ3) is 4.68. The molecule has 26 heavy (non-hydrogen) atoms. The highest BCUT2D eigenvalue weighted by Crippen LogP contribution is 2.33. The quantitative estimate of drug-likeness (QED) is 0.768. The van der Waals surface area contributed by atoms with Gasteiger partial charge in [0, 0.05) is 5.02 Å². The first-order chi connectivity index (χ1) is 12.3. The highest BCUT2D eigenvalue weighted by molar-refractivity contribution is 6.36. The molecular formula is C19H20Cl2N2O3. The first kappa shape index (κ1) is 19.0. The van der Waals surface area contributed by atoms with Crippen molar-refractivity contribution >= 4 is 34.9 Å². The van der Waals surface area contributed by atoms with Crippen molar-refractivity contribution in [1.82, 2.24) is 5.32 Å². The summed E-state index contributed by atoms with van der Waals surface area (Å²) in [6.07, 6.45) is -0.327. The van der Waals surface area contributed by atoms with E-state index in [4.69, 9.17) is 32.7 Å². The summed E-state index contributed by atoms with van der Waals surface area (Å²) in [6.45, 7) is 4.04. The molecule has 0 spiro atoms. The van der Waals surface area contributed by atoms with Crippen LogP contribution in [-0.2, 0) is 9.47 Å². The summed E-state index contributed by atoms with van der Waals surface area (Å²) < 4.78 is 11.8. The Morgan fingerprint density at radius 1 is 1.15 bits per heavy atom. The van der Waals surface area contributed by atoms with Crippen molar-refractivity contribution in [1.29, 1.82) is 0 Å². The summed E-state index contributed by atoms with van der Waals surface area (Å²) in [7, 11) is 0. The molecule has 1 heterocycles. The number of halogens is 2. The molecule has 7 heteroatoms. The van der Waals surface area contributed by atoms with Crippen LogP contribution in [0.4, 0.5) is 10.5 Å². The van der Waals surface area contributed by atoms with Crippen LogP contribution in [0.2, 0.25) is 10.0 Å². The Morgan fingerprint density at radius 2 is 1.88 bits per heavy atom. The van der Waals surface area contributed by atoms with Gasteiger partial charge in [-0.3, -0.25) is 0 Å². The molecular weight excluding hydrogens is 375 g/mol. The van der Waals surface area contributed by atoms with E-state index in [0.29, 0.717) is 22.3 Å². The molecule has 3 rings (SSSR count). The Labute approximate surface area is 162 Å². The normalized spacial score (nSPS) is 21.8. The van der Waals surface area contributed by atoms with E-state index in [1.165, 1.54) is 0 Å². The number of anilines is 1. The van der Waals surface area contributed by atoms with Crippen molar-refractivity contribution in [2.45, 2.75) is 31.8 Å². The molecule has 0 unspecified atom stereocenters. The second kappa shape index (κ2) is 7.84. The third-order valence-corrected chi connectivity index (χ3v) is 4.56. The lowest BCUT2D eigenvalue weighted by Gasteiger charge is -2.41. The zero-order chi connectivity index (χ0) is 18.7. The van der Waals surface area contributed by atoms with Gasteiger partial charge in [0.15, 0.2) is 5.79 Å². The molecule has 1 fully saturated rings. The molecule has 5 nitrogen and oxygen atoms in total. The number of carbonyl (C=O) groups is 1. The average Bonchev–Trinajstić information content (AvgIpc) is 2.59. The monoisotopic (exact) mass is 394 g/mol. The Kier molecular flexibility index (Phi) is 5.73. The van der Waals surface area contributed by atoms with Gasteiger partial charge in [-0.05, 0) is 37.6 Å². The average molecular weight is 395 g/mol. The minimum Gasteiger partial charge on any atom is -0.348 e. The number of urea groups is 1. The summed E-state index contributed by atoms with van der Waals surface area (Å²) >= 11 is 12.0. The van der Waals surface area contributed by atoms with Gasteiger partial charge in [0.25, 0.3) is 0 Å². The molecule has 0 saturated carbocycles. The number of ether oxygens (including phenoxy) is 2. The number of rotatable bonds is 3. The van der Waals surface area contributed by atoms with Crippen LogP contribution < -0.4 is 10.6 Å². The SMILES string of the molecule is CC1(C)OC[C@H](NC(=O)Nc2ccc(Cl)cc2Cl)[C@@H](c2ccccc2)O1. The van der Waals surface area contributed by atoms with Gasteiger partial charge in [-0.15, -0.1) is 0 Å². The molecule has 0 aromatic heterocycles. The minimum absolute atomic E-state index is 0.327. The highest BCUT2D eigenvalue weighted by Gasteiger charge is 2.38. The maximum Gasteiger partial charge on any atom is 0.319 e. The number of amides is 2. The Morgan fingerprint density at radius 3 is 2.58 bits per heavy atom. The molecule has 0 aliphatic carbocycles. The van der Waals surface area contributed by atoms with Gasteiger partial charge in [-0.1, -0.05) is 53.5 Å². The van der Waals surface area contributed by atoms with Crippen LogP contribution in [0.3, 0.4) is 0 Å². The van der Waals surface area contributed by atoms with Crippen LogP contribution >= 0.6 is 23.2 Å². The van der Waals surface area contributed by atoms with E-state index in [1.807, 2.05) is 44.2 Å². The van der Waals surface area contributed by atoms with E-state index >= 15 is 0 Å². The first-order valence-electron chi connectivity index (χ1n) is 8.23. The minimum atomic E-state index is -0.728. The lowest BCUT2D eigenvalue weighted by Crippen LogP contribution is -2.52. The topological polar surface area (TPSA) is 59.6 Å². The summed E-state index contributed by atoms with van der Waals surface area (Å²) in [6, 6.07) is 13.9. The van der Waals surface area contributed by atoms with E-state index < -0.39 is 11.8 Å². The van der Waals surface area contributed by atoms with E-state index in [0.717, 1.165) is 5.56 Å². The predicted molar refractivity (Wildman–Crippen MR) is 103 cm³/mol. The first-order valence-corrected chi connectivity index (χ1v) is 8.99. The van der Waals surface area contributed by atoms with Crippen molar-refractivity contribution in [3.05, 3.63) is 64.1 Å². The van der Waals surface area contributed by atoms with Gasteiger partial charge in [-0.25, -0.2) is 4.79 Å². The molecule has 1 saturated heterocycles. The van der Waals surface area contributed by atoms with E-state index in [-0.39, 0.29) is 12.1 Å². The molecule has 2 atom stereocenters. The Balaban J connectivity index is 1.73. The fourth-order valence-electron chi connectivity index (χ4n) is 2.78. The van der Waals surface area contributed by atoms with Crippen molar-refractivity contribution in [2.24, 2.45) is 0 Å². The zero-order valence-corrected chi connectivity index (χ0v) is 16.0. The van der Waals surface area contributed by atoms with E-state index in [9.17, 15) is 4.79 Å². The largest absolute Gasteiger partial charge is 0.348 e. The summed E-state index contributed by atoms with van der Waals surface area (Å²) in [5, 5.41) is 6.50. The van der Waals surface area contributed by atoms with Crippen LogP contribution in [0.5, 0.6) is 0 Å². The number of hydrogen-bond acceptors (Lipinski definition) is 3. The smallest absolute Gasteiger partial charge is 0.319 e. The number of benzene rings is 2. The maximum absolute atomic E-state index is 12.4. The second-order valence-corrected chi connectivity index (χ2v) is 7.33. The van der Waals surface area contributed by atoms with Gasteiger partial charge >= 0.3 is 6.03 Å². The maximum atomic E-state index is 12.4. The van der Waals surface area contributed by atoms with Crippen LogP contribution in [0.15, 0.2) is 48.5 Å². The summed E-state index contributed by atoms with van der Waals surface area (Å²) in [5.74, 6) is -0.728. The standard InChI is InChI=1S/C19H20Cl2N2O3/c1-19(2)25-11-16(17(26-19)12-6-4-3-5-7-12)23-18(24)22-15-9-8-13(20)10-14(15)21/h3-10,16-17H,11H2,1-2H3,(H2,22,23,24)/t16-,17+/m0/s1. The third-order valence-electron chi connectivity index (χ3n) is 4.01. The fraction of sp³-hybridized carbons (Fsp3) is 0.316. The molecule has 138 valence electrons. The van der Waals surface area contributed by atoms with Crippen molar-refractivity contribution in [2.75, 3.05) is 11.9 Å². The Bertz CT molecular complexity index is 784. The summed E-state index contributed by atoms with van der Waals surface area (Å²) in [4.78, 5) is 12.4. The lowest BCUT2D eigenvalue weighted by atomic mass is 10.0. The van der Waals surface area contributed by atoms with Crippen molar-refractivity contribution < 1.29 is 14.3 Å². The molecule has 2 amide bonds. The molecule has 2 aromatic rings. The highest BCUT2D eigenvalue weighted by atomic mass is 35.5. The van der Waals surface area contributed by atoms with Gasteiger partial charge in [0.05, 0.1) is 23.4 Å². The van der Waals surface area contributed by atoms with E-state index in [1.54, 1.807) is 18.2 Å². The summed E-state index contributed by atoms with van der Waals surface area (Å²) in [5.41, 5.74) is 1.45. The number of carbonyl (C=O) groups excluding carboxylic acids is 1. The lowest BCUT2D eigenvalue weighted by molar-refractivity contribution is -0.284. The zero-order valence-electron chi connectivity index (χ0n) is 14.5. The predicted octanol–water partition coefficient (Wildman–Crippen LogP) is 5.01. The second-order valence-electron chi connectivity index (χ2n) is 6.49. The Hall–Kier alpha value is -1.79. The van der Waals surface area contributed by atoms with Gasteiger partial charge in [0.1, 0.15) is 6.10 Å². The molecule has 2 N–H and O–H groups in total. The van der Waals surface area contributed by atoms with Crippen LogP contribution in [0, 0.1) is 0 Å². The van der Waals surface area contributed by atoms with Crippen LogP contribution in [-0.4, -0.2) is 24.5 Å². The van der Waals surface area contributed by atoms with Gasteiger partial charge in [-0.2, -0.15) is 0 Å². The van der Waals surface area contributed by atoms with Crippen LogP contribution in [0.25, 0.3) is 0 Å². The number of nitrogens with one attached hydrogen (secondary N) is 2. The van der Waals surface area contributed by atoms with Crippen LogP contribution in [0.1, 0.15) is 25.5 Å².